The van der Waals surface area contributed by atoms with E-state index in [0.29, 0.717) is 18.5 Å². The molecule has 0 radical (unpaired) electrons. The van der Waals surface area contributed by atoms with E-state index in [9.17, 15) is 14.7 Å². The molecule has 1 N–H and O–H groups in total. The second kappa shape index (κ2) is 14.9. The van der Waals surface area contributed by atoms with Crippen LogP contribution in [0.2, 0.25) is 0 Å². The minimum Gasteiger partial charge on any atom is -0.480 e. The zero-order valence-corrected chi connectivity index (χ0v) is 26.7. The van der Waals surface area contributed by atoms with Crippen LogP contribution in [0.3, 0.4) is 0 Å². The van der Waals surface area contributed by atoms with Crippen molar-refractivity contribution in [3.05, 3.63) is 106 Å². The summed E-state index contributed by atoms with van der Waals surface area (Å²) in [6.45, 7) is 9.81. The van der Waals surface area contributed by atoms with Gasteiger partial charge < -0.3 is 14.9 Å². The fourth-order valence-corrected chi connectivity index (χ4v) is 6.28. The Morgan fingerprint density at radius 1 is 0.814 bits per heavy atom. The Balaban J connectivity index is 1.47. The molecule has 0 aliphatic heterocycles. The topological polar surface area (TPSA) is 64.1 Å². The molecular weight excluding hydrogens is 554 g/mol. The Labute approximate surface area is 260 Å². The number of likely N-dealkylation sites (N-methyl/N-ethyl adjacent to an activating group) is 1. The predicted molar refractivity (Wildman–Crippen MR) is 179 cm³/mol. The monoisotopic (exact) mass is 597 g/mol. The Hall–Kier alpha value is -4.10. The van der Waals surface area contributed by atoms with Gasteiger partial charge in [-0.15, -0.1) is 11.3 Å². The van der Waals surface area contributed by atoms with Gasteiger partial charge >= 0.3 is 12.0 Å². The van der Waals surface area contributed by atoms with Crippen LogP contribution in [-0.4, -0.2) is 41.6 Å². The van der Waals surface area contributed by atoms with Crippen LogP contribution in [0.1, 0.15) is 62.5 Å². The maximum atomic E-state index is 13.2. The highest BCUT2D eigenvalue weighted by Gasteiger charge is 2.22. The number of amides is 2. The summed E-state index contributed by atoms with van der Waals surface area (Å²) in [7, 11) is 1.51. The number of carboxylic acid groups (broad SMARTS) is 1. The summed E-state index contributed by atoms with van der Waals surface area (Å²) in [6.07, 6.45) is 2.32. The molecule has 1 heterocycles. The van der Waals surface area contributed by atoms with Crippen molar-refractivity contribution in [1.29, 1.82) is 0 Å². The van der Waals surface area contributed by atoms with Gasteiger partial charge in [-0.1, -0.05) is 68.4 Å². The first-order valence-corrected chi connectivity index (χ1v) is 15.9. The number of aliphatic carboxylic acids is 1. The number of thiophene rings is 1. The summed E-state index contributed by atoms with van der Waals surface area (Å²) < 4.78 is 0. The summed E-state index contributed by atoms with van der Waals surface area (Å²) in [5, 5.41) is 11.3. The highest BCUT2D eigenvalue weighted by atomic mass is 32.1. The van der Waals surface area contributed by atoms with Crippen LogP contribution in [0.5, 0.6) is 0 Å². The summed E-state index contributed by atoms with van der Waals surface area (Å²) in [5.41, 5.74) is 6.85. The molecule has 0 saturated carbocycles. The Morgan fingerprint density at radius 2 is 1.47 bits per heavy atom. The third-order valence-corrected chi connectivity index (χ3v) is 8.83. The number of nitrogens with zero attached hydrogens (tertiary/aromatic N) is 3. The molecule has 0 fully saturated rings. The second-order valence-corrected chi connectivity index (χ2v) is 12.3. The summed E-state index contributed by atoms with van der Waals surface area (Å²) >= 11 is 1.60. The molecule has 0 bridgehead atoms. The van der Waals surface area contributed by atoms with Crippen LogP contribution < -0.4 is 9.80 Å². The van der Waals surface area contributed by atoms with E-state index in [-0.39, 0.29) is 12.6 Å². The maximum Gasteiger partial charge on any atom is 0.325 e. The lowest BCUT2D eigenvalue weighted by molar-refractivity contribution is -0.137. The van der Waals surface area contributed by atoms with Crippen molar-refractivity contribution in [2.24, 2.45) is 0 Å². The number of para-hydroxylation sites is 1. The molecule has 2 amide bonds. The number of hydrogen-bond acceptors (Lipinski definition) is 4. The third-order valence-electron chi connectivity index (χ3n) is 7.91. The predicted octanol–water partition coefficient (Wildman–Crippen LogP) is 8.88. The maximum absolute atomic E-state index is 13.2. The molecule has 0 saturated heterocycles. The fraction of sp³-hybridized carbons (Fsp3) is 0.333. The SMILES string of the molecule is CCC(CC)c1ccc(N(Cc2ccc(-c3csc(CN(C(=O)N(C)CC(=O)O)c4ccccc4)c3)cc2)C(C)C)cc1. The van der Waals surface area contributed by atoms with E-state index < -0.39 is 5.97 Å². The van der Waals surface area contributed by atoms with Crippen molar-refractivity contribution >= 4 is 34.7 Å². The van der Waals surface area contributed by atoms with Gasteiger partial charge in [-0.05, 0) is 90.6 Å². The number of hydrogen-bond donors (Lipinski definition) is 1. The molecule has 0 aliphatic carbocycles. The number of urea groups is 1. The smallest absolute Gasteiger partial charge is 0.325 e. The number of benzene rings is 3. The van der Waals surface area contributed by atoms with Gasteiger partial charge in [0.05, 0.1) is 6.54 Å². The first-order chi connectivity index (χ1) is 20.7. The van der Waals surface area contributed by atoms with Gasteiger partial charge in [-0.2, -0.15) is 0 Å². The number of anilines is 2. The van der Waals surface area contributed by atoms with Crippen molar-refractivity contribution in [1.82, 2.24) is 4.90 Å². The van der Waals surface area contributed by atoms with E-state index in [2.05, 4.69) is 92.6 Å². The van der Waals surface area contributed by atoms with Crippen LogP contribution in [0.15, 0.2) is 90.3 Å². The average molecular weight is 598 g/mol. The van der Waals surface area contributed by atoms with Gasteiger partial charge in [0.1, 0.15) is 6.54 Å². The van der Waals surface area contributed by atoms with Crippen molar-refractivity contribution < 1.29 is 14.7 Å². The third kappa shape index (κ3) is 8.26. The number of carboxylic acids is 1. The van der Waals surface area contributed by atoms with Gasteiger partial charge in [0.15, 0.2) is 0 Å². The van der Waals surface area contributed by atoms with E-state index >= 15 is 0 Å². The van der Waals surface area contributed by atoms with Gasteiger partial charge in [-0.25, -0.2) is 4.79 Å². The highest BCUT2D eigenvalue weighted by Crippen LogP contribution is 2.30. The summed E-state index contributed by atoms with van der Waals surface area (Å²) in [4.78, 5) is 30.7. The number of carbonyl (C=O) groups excluding carboxylic acids is 1. The fourth-order valence-electron chi connectivity index (χ4n) is 5.39. The Kier molecular flexibility index (Phi) is 11.0. The van der Waals surface area contributed by atoms with Gasteiger partial charge in [0.25, 0.3) is 0 Å². The van der Waals surface area contributed by atoms with Crippen LogP contribution in [0.4, 0.5) is 16.2 Å². The van der Waals surface area contributed by atoms with Crippen LogP contribution in [-0.2, 0) is 17.9 Å². The van der Waals surface area contributed by atoms with E-state index in [0.717, 1.165) is 41.1 Å². The van der Waals surface area contributed by atoms with Crippen molar-refractivity contribution in [2.75, 3.05) is 23.4 Å². The number of carbonyl (C=O) groups is 2. The van der Waals surface area contributed by atoms with E-state index in [4.69, 9.17) is 0 Å². The quantitative estimate of drug-likeness (QED) is 0.167. The molecule has 4 aromatic rings. The first kappa shape index (κ1) is 31.8. The molecule has 0 atom stereocenters. The van der Waals surface area contributed by atoms with Crippen LogP contribution >= 0.6 is 11.3 Å². The zero-order valence-electron chi connectivity index (χ0n) is 25.9. The summed E-state index contributed by atoms with van der Waals surface area (Å²) in [5.74, 6) is -0.427. The molecule has 1 aromatic heterocycles. The molecule has 7 heteroatoms. The average Bonchev–Trinajstić information content (AvgIpc) is 3.48. The van der Waals surface area contributed by atoms with Crippen molar-refractivity contribution in [3.63, 3.8) is 0 Å². The van der Waals surface area contributed by atoms with Crippen LogP contribution in [0.25, 0.3) is 11.1 Å². The lowest BCUT2D eigenvalue weighted by Crippen LogP contribution is -2.43. The van der Waals surface area contributed by atoms with E-state index in [1.807, 2.05) is 30.3 Å². The first-order valence-electron chi connectivity index (χ1n) is 15.0. The molecule has 6 nitrogen and oxygen atoms in total. The van der Waals surface area contributed by atoms with Gasteiger partial charge in [0.2, 0.25) is 0 Å². The molecule has 43 heavy (non-hydrogen) atoms. The molecule has 0 unspecified atom stereocenters. The Morgan fingerprint density at radius 3 is 2.05 bits per heavy atom. The second-order valence-electron chi connectivity index (χ2n) is 11.3. The summed E-state index contributed by atoms with van der Waals surface area (Å²) in [6, 6.07) is 29.3. The Bertz CT molecular complexity index is 1460. The minimum atomic E-state index is -1.04. The lowest BCUT2D eigenvalue weighted by Gasteiger charge is -2.30. The van der Waals surface area contributed by atoms with E-state index in [1.54, 1.807) is 16.2 Å². The highest BCUT2D eigenvalue weighted by molar-refractivity contribution is 7.10. The molecule has 4 rings (SSSR count). The standard InChI is InChI=1S/C36H43N3O3S/c1-6-28(7-2)29-17-19-33(20-18-29)38(26(3)4)22-27-13-15-30(16-14-27)31-21-34(43-25-31)23-39(32-11-9-8-10-12-32)36(42)37(5)24-35(40)41/h8-21,25-26,28H,6-7,22-24H2,1-5H3,(H,40,41). The molecule has 0 aliphatic rings. The van der Waals surface area contributed by atoms with Gasteiger partial charge in [-0.3, -0.25) is 9.69 Å². The number of rotatable bonds is 13. The lowest BCUT2D eigenvalue weighted by atomic mass is 9.94. The van der Waals surface area contributed by atoms with Crippen LogP contribution in [0, 0.1) is 0 Å². The molecule has 3 aromatic carbocycles. The normalized spacial score (nSPS) is 11.1. The molecular formula is C36H43N3O3S. The largest absolute Gasteiger partial charge is 0.480 e. The van der Waals surface area contributed by atoms with Crippen molar-refractivity contribution in [2.45, 2.75) is 65.6 Å². The zero-order chi connectivity index (χ0) is 30.9. The van der Waals surface area contributed by atoms with Gasteiger partial charge in [0, 0.05) is 35.9 Å². The molecule has 226 valence electrons. The molecule has 0 spiro atoms. The van der Waals surface area contributed by atoms with Crippen molar-refractivity contribution in [3.8, 4) is 11.1 Å². The minimum absolute atomic E-state index is 0.354. The van der Waals surface area contributed by atoms with E-state index in [1.165, 1.54) is 28.8 Å².